The van der Waals surface area contributed by atoms with Gasteiger partial charge in [-0.2, -0.15) is 4.98 Å². The fourth-order valence-electron chi connectivity index (χ4n) is 4.08. The number of nitrogens with one attached hydrogen (secondary N) is 1. The Morgan fingerprint density at radius 1 is 0.903 bits per heavy atom. The Bertz CT molecular complexity index is 1240. The second-order valence-corrected chi connectivity index (χ2v) is 8.15. The summed E-state index contributed by atoms with van der Waals surface area (Å²) in [6.07, 6.45) is 3.93. The molecule has 2 aromatic heterocycles. The van der Waals surface area contributed by atoms with E-state index in [1.165, 1.54) is 22.4 Å². The number of hydrogen-bond donors (Lipinski definition) is 1. The first-order valence-electron chi connectivity index (χ1n) is 10.7. The van der Waals surface area contributed by atoms with E-state index in [0.29, 0.717) is 5.95 Å². The van der Waals surface area contributed by atoms with Crippen LogP contribution in [0.2, 0.25) is 0 Å². The van der Waals surface area contributed by atoms with Gasteiger partial charge in [-0.3, -0.25) is 0 Å². The summed E-state index contributed by atoms with van der Waals surface area (Å²) in [5, 5.41) is 4.36. The molecule has 5 rings (SSSR count). The van der Waals surface area contributed by atoms with Crippen molar-refractivity contribution < 1.29 is 4.74 Å². The number of hydrogen-bond acceptors (Lipinski definition) is 5. The van der Waals surface area contributed by atoms with Crippen molar-refractivity contribution in [1.29, 1.82) is 0 Å². The number of morpholine rings is 1. The molecule has 0 bridgehead atoms. The first kappa shape index (κ1) is 19.6. The molecule has 0 radical (unpaired) electrons. The lowest BCUT2D eigenvalue weighted by Crippen LogP contribution is -2.36. The van der Waals surface area contributed by atoms with E-state index in [4.69, 9.17) is 9.72 Å². The molecule has 1 aliphatic heterocycles. The summed E-state index contributed by atoms with van der Waals surface area (Å²) >= 11 is 0. The standard InChI is InChI=1S/C25H27N5O/c1-17-4-5-21(14-18(17)2)27-25-26-16-20-8-9-30(24(20)28-25)22-6-7-23(19(3)15-22)29-10-12-31-13-11-29/h4-9,14-16H,10-13H2,1-3H3,(H,26,27,28). The number of fused-ring (bicyclic) bond motifs is 1. The van der Waals surface area contributed by atoms with Gasteiger partial charge in [-0.15, -0.1) is 0 Å². The molecule has 1 aliphatic rings. The average Bonchev–Trinajstić information content (AvgIpc) is 3.20. The van der Waals surface area contributed by atoms with Gasteiger partial charge in [-0.1, -0.05) is 6.07 Å². The largest absolute Gasteiger partial charge is 0.378 e. The fourth-order valence-corrected chi connectivity index (χ4v) is 4.08. The molecule has 1 fully saturated rings. The van der Waals surface area contributed by atoms with Crippen LogP contribution in [0.15, 0.2) is 54.9 Å². The highest BCUT2D eigenvalue weighted by atomic mass is 16.5. The number of rotatable bonds is 4. The molecule has 3 heterocycles. The predicted octanol–water partition coefficient (Wildman–Crippen LogP) is 4.93. The SMILES string of the molecule is Cc1ccc(Nc2ncc3ccn(-c4ccc(N5CCOCC5)c(C)c4)c3n2)cc1C. The van der Waals surface area contributed by atoms with Crippen molar-refractivity contribution in [3.05, 3.63) is 71.5 Å². The molecule has 0 atom stereocenters. The molecular formula is C25H27N5O. The van der Waals surface area contributed by atoms with Gasteiger partial charge in [0.25, 0.3) is 0 Å². The van der Waals surface area contributed by atoms with Crippen LogP contribution in [-0.4, -0.2) is 40.8 Å². The highest BCUT2D eigenvalue weighted by Crippen LogP contribution is 2.27. The normalized spacial score (nSPS) is 14.2. The summed E-state index contributed by atoms with van der Waals surface area (Å²) in [7, 11) is 0. The third-order valence-electron chi connectivity index (χ3n) is 6.00. The van der Waals surface area contributed by atoms with Crippen LogP contribution < -0.4 is 10.2 Å². The van der Waals surface area contributed by atoms with E-state index in [-0.39, 0.29) is 0 Å². The molecule has 4 aromatic rings. The number of anilines is 3. The highest BCUT2D eigenvalue weighted by Gasteiger charge is 2.15. The van der Waals surface area contributed by atoms with Crippen molar-refractivity contribution in [2.45, 2.75) is 20.8 Å². The Labute approximate surface area is 182 Å². The molecule has 0 spiro atoms. The minimum absolute atomic E-state index is 0.595. The van der Waals surface area contributed by atoms with Crippen molar-refractivity contribution in [2.24, 2.45) is 0 Å². The van der Waals surface area contributed by atoms with Crippen LogP contribution in [0.3, 0.4) is 0 Å². The van der Waals surface area contributed by atoms with Crippen molar-refractivity contribution in [3.8, 4) is 5.69 Å². The maximum absolute atomic E-state index is 5.49. The molecular weight excluding hydrogens is 386 g/mol. The molecule has 0 amide bonds. The number of aryl methyl sites for hydroxylation is 3. The van der Waals surface area contributed by atoms with Gasteiger partial charge >= 0.3 is 0 Å². The van der Waals surface area contributed by atoms with Crippen molar-refractivity contribution in [1.82, 2.24) is 14.5 Å². The summed E-state index contributed by atoms with van der Waals surface area (Å²) in [5.74, 6) is 0.595. The Hall–Kier alpha value is -3.38. The lowest BCUT2D eigenvalue weighted by molar-refractivity contribution is 0.122. The third-order valence-corrected chi connectivity index (χ3v) is 6.00. The van der Waals surface area contributed by atoms with Crippen LogP contribution in [0.5, 0.6) is 0 Å². The molecule has 6 heteroatoms. The van der Waals surface area contributed by atoms with E-state index >= 15 is 0 Å². The molecule has 2 aromatic carbocycles. The molecule has 1 saturated heterocycles. The van der Waals surface area contributed by atoms with E-state index < -0.39 is 0 Å². The zero-order chi connectivity index (χ0) is 21.4. The molecule has 0 saturated carbocycles. The monoisotopic (exact) mass is 413 g/mol. The Kier molecular flexibility index (Phi) is 5.08. The van der Waals surface area contributed by atoms with E-state index in [1.807, 2.05) is 6.20 Å². The third kappa shape index (κ3) is 3.86. The zero-order valence-corrected chi connectivity index (χ0v) is 18.2. The first-order valence-corrected chi connectivity index (χ1v) is 10.7. The molecule has 1 N–H and O–H groups in total. The number of benzene rings is 2. The summed E-state index contributed by atoms with van der Waals surface area (Å²) in [6, 6.07) is 14.9. The maximum atomic E-state index is 5.49. The van der Waals surface area contributed by atoms with Gasteiger partial charge in [0.1, 0.15) is 5.65 Å². The van der Waals surface area contributed by atoms with Crippen LogP contribution in [-0.2, 0) is 4.74 Å². The summed E-state index contributed by atoms with van der Waals surface area (Å²) in [6.45, 7) is 9.84. The Morgan fingerprint density at radius 3 is 2.52 bits per heavy atom. The number of nitrogens with zero attached hydrogens (tertiary/aromatic N) is 4. The molecule has 31 heavy (non-hydrogen) atoms. The van der Waals surface area contributed by atoms with Gasteiger partial charge in [0, 0.05) is 47.9 Å². The van der Waals surface area contributed by atoms with Gasteiger partial charge < -0.3 is 19.5 Å². The molecule has 0 unspecified atom stereocenters. The predicted molar refractivity (Wildman–Crippen MR) is 126 cm³/mol. The van der Waals surface area contributed by atoms with Gasteiger partial charge in [-0.05, 0) is 73.9 Å². The van der Waals surface area contributed by atoms with Gasteiger partial charge in [0.15, 0.2) is 0 Å². The van der Waals surface area contributed by atoms with E-state index in [1.54, 1.807) is 0 Å². The molecule has 0 aliphatic carbocycles. The minimum atomic E-state index is 0.595. The van der Waals surface area contributed by atoms with Crippen LogP contribution in [0, 0.1) is 20.8 Å². The summed E-state index contributed by atoms with van der Waals surface area (Å²) in [4.78, 5) is 11.7. The smallest absolute Gasteiger partial charge is 0.229 e. The zero-order valence-electron chi connectivity index (χ0n) is 18.2. The number of aromatic nitrogens is 3. The Morgan fingerprint density at radius 2 is 1.74 bits per heavy atom. The van der Waals surface area contributed by atoms with E-state index in [2.05, 4.69) is 89.2 Å². The summed E-state index contributed by atoms with van der Waals surface area (Å²) in [5.41, 5.74) is 8.02. The minimum Gasteiger partial charge on any atom is -0.378 e. The highest BCUT2D eigenvalue weighted by molar-refractivity contribution is 5.79. The van der Waals surface area contributed by atoms with Crippen LogP contribution in [0.4, 0.5) is 17.3 Å². The fraction of sp³-hybridized carbons (Fsp3) is 0.280. The van der Waals surface area contributed by atoms with Crippen molar-refractivity contribution >= 4 is 28.4 Å². The van der Waals surface area contributed by atoms with Crippen LogP contribution in [0.1, 0.15) is 16.7 Å². The lowest BCUT2D eigenvalue weighted by Gasteiger charge is -2.30. The van der Waals surface area contributed by atoms with Crippen molar-refractivity contribution in [2.75, 3.05) is 36.5 Å². The maximum Gasteiger partial charge on any atom is 0.229 e. The topological polar surface area (TPSA) is 55.2 Å². The second-order valence-electron chi connectivity index (χ2n) is 8.15. The van der Waals surface area contributed by atoms with Gasteiger partial charge in [0.2, 0.25) is 5.95 Å². The van der Waals surface area contributed by atoms with Gasteiger partial charge in [-0.25, -0.2) is 4.98 Å². The lowest BCUT2D eigenvalue weighted by atomic mass is 10.1. The summed E-state index contributed by atoms with van der Waals surface area (Å²) < 4.78 is 7.62. The number of ether oxygens (including phenoxy) is 1. The average molecular weight is 414 g/mol. The Balaban J connectivity index is 1.46. The molecule has 6 nitrogen and oxygen atoms in total. The first-order chi connectivity index (χ1) is 15.1. The quantitative estimate of drug-likeness (QED) is 0.514. The van der Waals surface area contributed by atoms with Gasteiger partial charge in [0.05, 0.1) is 13.2 Å². The van der Waals surface area contributed by atoms with Crippen LogP contribution >= 0.6 is 0 Å². The van der Waals surface area contributed by atoms with E-state index in [9.17, 15) is 0 Å². The van der Waals surface area contributed by atoms with E-state index in [0.717, 1.165) is 48.7 Å². The second kappa shape index (κ2) is 8.04. The van der Waals surface area contributed by atoms with Crippen LogP contribution in [0.25, 0.3) is 16.7 Å². The van der Waals surface area contributed by atoms with Crippen molar-refractivity contribution in [3.63, 3.8) is 0 Å². The molecule has 158 valence electrons.